The van der Waals surface area contributed by atoms with E-state index in [4.69, 9.17) is 0 Å². The molecule has 0 fully saturated rings. The number of aliphatic hydroxyl groups is 1. The van der Waals surface area contributed by atoms with E-state index in [0.717, 1.165) is 18.7 Å². The van der Waals surface area contributed by atoms with Crippen LogP contribution in [0.5, 0.6) is 0 Å². The van der Waals surface area contributed by atoms with Gasteiger partial charge in [-0.25, -0.2) is 0 Å². The Morgan fingerprint density at radius 2 is 1.77 bits per heavy atom. The molecule has 2 aromatic rings. The monoisotopic (exact) mass is 298 g/mol. The van der Waals surface area contributed by atoms with Crippen LogP contribution in [0.4, 0.5) is 0 Å². The maximum Gasteiger partial charge on any atom is 0.0681 e. The lowest BCUT2D eigenvalue weighted by Crippen LogP contribution is -2.20. The summed E-state index contributed by atoms with van der Waals surface area (Å²) in [5.41, 5.74) is 4.86. The summed E-state index contributed by atoms with van der Waals surface area (Å²) in [4.78, 5) is 2.19. The first-order valence-corrected chi connectivity index (χ1v) is 7.74. The van der Waals surface area contributed by atoms with Crippen molar-refractivity contribution in [3.8, 4) is 0 Å². The van der Waals surface area contributed by atoms with Crippen molar-refractivity contribution in [3.05, 3.63) is 70.8 Å². The van der Waals surface area contributed by atoms with Crippen LogP contribution in [0.3, 0.4) is 0 Å². The van der Waals surface area contributed by atoms with E-state index in [-0.39, 0.29) is 12.6 Å². The van der Waals surface area contributed by atoms with Gasteiger partial charge in [-0.1, -0.05) is 48.5 Å². The van der Waals surface area contributed by atoms with Gasteiger partial charge in [-0.15, -0.1) is 0 Å². The zero-order valence-corrected chi connectivity index (χ0v) is 13.7. The first-order chi connectivity index (χ1) is 10.6. The third-order valence-electron chi connectivity index (χ3n) is 3.84. The second-order valence-corrected chi connectivity index (χ2v) is 6.01. The molecule has 0 saturated carbocycles. The third kappa shape index (κ3) is 4.67. The number of aliphatic hydroxyl groups excluding tert-OH is 1. The number of nitrogens with one attached hydrogen (secondary N) is 1. The molecular formula is C19H26N2O. The van der Waals surface area contributed by atoms with Gasteiger partial charge in [0.15, 0.2) is 0 Å². The van der Waals surface area contributed by atoms with Crippen LogP contribution in [0.15, 0.2) is 48.5 Å². The molecule has 0 bridgehead atoms. The van der Waals surface area contributed by atoms with Crippen molar-refractivity contribution < 1.29 is 5.11 Å². The smallest absolute Gasteiger partial charge is 0.0681 e. The van der Waals surface area contributed by atoms with Gasteiger partial charge >= 0.3 is 0 Å². The fourth-order valence-corrected chi connectivity index (χ4v) is 2.57. The number of benzene rings is 2. The summed E-state index contributed by atoms with van der Waals surface area (Å²) in [6.07, 6.45) is 0. The summed E-state index contributed by atoms with van der Waals surface area (Å²) in [7, 11) is 4.18. The Balaban J connectivity index is 2.03. The predicted molar refractivity (Wildman–Crippen MR) is 91.5 cm³/mol. The number of hydrogen-bond donors (Lipinski definition) is 2. The highest BCUT2D eigenvalue weighted by atomic mass is 16.3. The van der Waals surface area contributed by atoms with E-state index in [1.165, 1.54) is 16.7 Å². The normalized spacial score (nSPS) is 12.6. The topological polar surface area (TPSA) is 35.5 Å². The Labute approximate surface area is 133 Å². The van der Waals surface area contributed by atoms with E-state index < -0.39 is 0 Å². The molecule has 1 unspecified atom stereocenters. The molecule has 1 atom stereocenters. The zero-order valence-electron chi connectivity index (χ0n) is 13.7. The molecular weight excluding hydrogens is 272 g/mol. The predicted octanol–water partition coefficient (Wildman–Crippen LogP) is 3.09. The van der Waals surface area contributed by atoms with E-state index in [1.807, 2.05) is 12.1 Å². The Morgan fingerprint density at radius 1 is 1.05 bits per heavy atom. The van der Waals surface area contributed by atoms with Crippen molar-refractivity contribution >= 4 is 0 Å². The van der Waals surface area contributed by atoms with Crippen molar-refractivity contribution in [2.75, 3.05) is 14.1 Å². The lowest BCUT2D eigenvalue weighted by Gasteiger charge is -2.18. The molecule has 0 aromatic heterocycles. The van der Waals surface area contributed by atoms with Crippen molar-refractivity contribution in [1.82, 2.24) is 10.2 Å². The lowest BCUT2D eigenvalue weighted by molar-refractivity contribution is 0.281. The van der Waals surface area contributed by atoms with E-state index in [1.54, 1.807) is 0 Å². The van der Waals surface area contributed by atoms with Crippen LogP contribution in [-0.4, -0.2) is 24.1 Å². The molecule has 118 valence electrons. The van der Waals surface area contributed by atoms with E-state index in [2.05, 4.69) is 67.6 Å². The van der Waals surface area contributed by atoms with Gasteiger partial charge in [0.1, 0.15) is 0 Å². The average molecular weight is 298 g/mol. The van der Waals surface area contributed by atoms with Gasteiger partial charge in [-0.3, -0.25) is 0 Å². The molecule has 0 saturated heterocycles. The largest absolute Gasteiger partial charge is 0.392 e. The van der Waals surface area contributed by atoms with Gasteiger partial charge in [0.2, 0.25) is 0 Å². The zero-order chi connectivity index (χ0) is 15.9. The molecule has 0 aliphatic carbocycles. The molecule has 2 rings (SSSR count). The highest BCUT2D eigenvalue weighted by Crippen LogP contribution is 2.16. The molecule has 3 nitrogen and oxygen atoms in total. The minimum atomic E-state index is 0.0895. The minimum Gasteiger partial charge on any atom is -0.392 e. The molecule has 0 heterocycles. The highest BCUT2D eigenvalue weighted by molar-refractivity contribution is 5.28. The van der Waals surface area contributed by atoms with Crippen LogP contribution in [0.1, 0.15) is 35.2 Å². The Bertz CT molecular complexity index is 595. The van der Waals surface area contributed by atoms with Crippen molar-refractivity contribution in [2.45, 2.75) is 32.7 Å². The first kappa shape index (κ1) is 16.7. The molecule has 0 spiro atoms. The van der Waals surface area contributed by atoms with Crippen molar-refractivity contribution in [1.29, 1.82) is 0 Å². The molecule has 2 N–H and O–H groups in total. The lowest BCUT2D eigenvalue weighted by atomic mass is 10.0. The minimum absolute atomic E-state index is 0.0895. The summed E-state index contributed by atoms with van der Waals surface area (Å²) in [5.74, 6) is 0. The van der Waals surface area contributed by atoms with Crippen LogP contribution in [0.25, 0.3) is 0 Å². The summed E-state index contributed by atoms with van der Waals surface area (Å²) >= 11 is 0. The average Bonchev–Trinajstić information content (AvgIpc) is 2.53. The number of rotatable bonds is 7. The van der Waals surface area contributed by atoms with Gasteiger partial charge in [0.25, 0.3) is 0 Å². The maximum absolute atomic E-state index is 9.25. The molecule has 3 heteroatoms. The summed E-state index contributed by atoms with van der Waals surface area (Å²) < 4.78 is 0. The highest BCUT2D eigenvalue weighted by Gasteiger charge is 2.08. The Morgan fingerprint density at radius 3 is 2.45 bits per heavy atom. The molecule has 0 aliphatic heterocycles. The van der Waals surface area contributed by atoms with Crippen molar-refractivity contribution in [2.24, 2.45) is 0 Å². The van der Waals surface area contributed by atoms with Gasteiger partial charge in [0.05, 0.1) is 6.61 Å². The van der Waals surface area contributed by atoms with Crippen LogP contribution in [0, 0.1) is 0 Å². The van der Waals surface area contributed by atoms with Crippen LogP contribution in [0.2, 0.25) is 0 Å². The summed E-state index contributed by atoms with van der Waals surface area (Å²) in [5, 5.41) is 12.8. The van der Waals surface area contributed by atoms with Crippen LogP contribution in [-0.2, 0) is 19.7 Å². The molecule has 2 aromatic carbocycles. The van der Waals surface area contributed by atoms with E-state index in [0.29, 0.717) is 0 Å². The SMILES string of the molecule is CC(NCc1ccccc1CN(C)C)c1cccc(CO)c1. The fraction of sp³-hybridized carbons (Fsp3) is 0.368. The van der Waals surface area contributed by atoms with Gasteiger partial charge in [-0.05, 0) is 43.3 Å². The molecule has 0 amide bonds. The summed E-state index contributed by atoms with van der Waals surface area (Å²) in [6, 6.07) is 16.9. The fourth-order valence-electron chi connectivity index (χ4n) is 2.57. The third-order valence-corrected chi connectivity index (χ3v) is 3.84. The Kier molecular flexibility index (Phi) is 6.13. The van der Waals surface area contributed by atoms with Crippen LogP contribution < -0.4 is 5.32 Å². The number of hydrogen-bond acceptors (Lipinski definition) is 3. The van der Waals surface area contributed by atoms with Gasteiger partial charge in [-0.2, -0.15) is 0 Å². The van der Waals surface area contributed by atoms with Crippen LogP contribution >= 0.6 is 0 Å². The van der Waals surface area contributed by atoms with E-state index in [9.17, 15) is 5.11 Å². The quantitative estimate of drug-likeness (QED) is 0.824. The molecule has 22 heavy (non-hydrogen) atoms. The first-order valence-electron chi connectivity index (χ1n) is 7.74. The molecule has 0 radical (unpaired) electrons. The number of nitrogens with zero attached hydrogens (tertiary/aromatic N) is 1. The second-order valence-electron chi connectivity index (χ2n) is 6.01. The van der Waals surface area contributed by atoms with E-state index >= 15 is 0 Å². The molecule has 0 aliphatic rings. The second kappa shape index (κ2) is 8.08. The van der Waals surface area contributed by atoms with Crippen molar-refractivity contribution in [3.63, 3.8) is 0 Å². The standard InChI is InChI=1S/C19H26N2O/c1-15(17-10-6-7-16(11-17)14-22)20-12-18-8-4-5-9-19(18)13-21(2)3/h4-11,15,20,22H,12-14H2,1-3H3. The van der Waals surface area contributed by atoms with Gasteiger partial charge < -0.3 is 15.3 Å². The Hall–Kier alpha value is -1.68. The summed E-state index contributed by atoms with van der Waals surface area (Å²) in [6.45, 7) is 4.04. The van der Waals surface area contributed by atoms with Gasteiger partial charge in [0, 0.05) is 19.1 Å². The maximum atomic E-state index is 9.25.